The van der Waals surface area contributed by atoms with Crippen LogP contribution in [0.5, 0.6) is 0 Å². The summed E-state index contributed by atoms with van der Waals surface area (Å²) in [4.78, 5) is 0. The molecule has 0 atom stereocenters. The van der Waals surface area contributed by atoms with E-state index in [-0.39, 0.29) is 0 Å². The Hall–Kier alpha value is -0.260. The van der Waals surface area contributed by atoms with Crippen molar-refractivity contribution in [3.05, 3.63) is 12.6 Å². The molecule has 0 unspecified atom stereocenters. The Bertz CT molecular complexity index is 186. The van der Waals surface area contributed by atoms with Crippen LogP contribution in [-0.2, 0) is 0 Å². The normalized spacial score (nSPS) is 11.5. The van der Waals surface area contributed by atoms with Crippen LogP contribution in [0, 0.1) is 0 Å². The van der Waals surface area contributed by atoms with Crippen LogP contribution < -0.4 is 0 Å². The van der Waals surface area contributed by atoms with Gasteiger partial charge in [-0.15, -0.1) is 6.58 Å². The smallest absolute Gasteiger partial charge is 0.0570 e. The van der Waals surface area contributed by atoms with Gasteiger partial charge in [-0.05, 0) is 12.8 Å². The highest BCUT2D eigenvalue weighted by Gasteiger charge is 1.93. The van der Waals surface area contributed by atoms with Gasteiger partial charge in [-0.3, -0.25) is 0 Å². The second-order valence-corrected chi connectivity index (χ2v) is 5.60. The standard InChI is InChI=1S/C18H36/c1-3-5-7-9-11-13-15-17-18-16-14-12-10-8-6-4-2/h3H,1,4-18H2,2H3/i3D. The zero-order valence-corrected chi connectivity index (χ0v) is 12.8. The summed E-state index contributed by atoms with van der Waals surface area (Å²) in [6, 6.07) is 0.596. The lowest BCUT2D eigenvalue weighted by molar-refractivity contribution is 0.536. The van der Waals surface area contributed by atoms with E-state index in [9.17, 15) is 0 Å². The molecule has 0 saturated heterocycles. The molecule has 0 aromatic heterocycles. The van der Waals surface area contributed by atoms with Crippen LogP contribution >= 0.6 is 0 Å². The molecular formula is C18H36. The minimum absolute atomic E-state index is 0.596. The van der Waals surface area contributed by atoms with Crippen molar-refractivity contribution in [2.45, 2.75) is 103 Å². The van der Waals surface area contributed by atoms with Crippen molar-refractivity contribution in [2.75, 3.05) is 0 Å². The van der Waals surface area contributed by atoms with Crippen molar-refractivity contribution in [1.29, 1.82) is 0 Å². The molecule has 0 radical (unpaired) electrons. The van der Waals surface area contributed by atoms with Crippen molar-refractivity contribution in [2.24, 2.45) is 0 Å². The van der Waals surface area contributed by atoms with E-state index in [1.165, 1.54) is 89.9 Å². The van der Waals surface area contributed by atoms with Gasteiger partial charge in [0.15, 0.2) is 0 Å². The van der Waals surface area contributed by atoms with Crippen molar-refractivity contribution in [3.63, 3.8) is 0 Å². The zero-order chi connectivity index (χ0) is 14.2. The fourth-order valence-electron chi connectivity index (χ4n) is 2.44. The number of unbranched alkanes of at least 4 members (excludes halogenated alkanes) is 13. The van der Waals surface area contributed by atoms with E-state index in [2.05, 4.69) is 13.5 Å². The molecule has 0 heteroatoms. The summed E-state index contributed by atoms with van der Waals surface area (Å²) in [5.74, 6) is 0. The minimum Gasteiger partial charge on any atom is -0.103 e. The van der Waals surface area contributed by atoms with Gasteiger partial charge >= 0.3 is 0 Å². The van der Waals surface area contributed by atoms with E-state index < -0.39 is 0 Å². The van der Waals surface area contributed by atoms with E-state index >= 15 is 0 Å². The second kappa shape index (κ2) is 16.7. The highest BCUT2D eigenvalue weighted by Crippen LogP contribution is 2.13. The van der Waals surface area contributed by atoms with Gasteiger partial charge in [0.25, 0.3) is 0 Å². The summed E-state index contributed by atoms with van der Waals surface area (Å²) in [5, 5.41) is 0. The summed E-state index contributed by atoms with van der Waals surface area (Å²) in [7, 11) is 0. The first-order valence-corrected chi connectivity index (χ1v) is 8.41. The van der Waals surface area contributed by atoms with Gasteiger partial charge in [-0.1, -0.05) is 96.4 Å². The SMILES string of the molecule is [2H]C(=C)CCCCCCCCCCCCCCCC. The van der Waals surface area contributed by atoms with Crippen LogP contribution in [0.4, 0.5) is 0 Å². The molecule has 0 heterocycles. The van der Waals surface area contributed by atoms with Crippen LogP contribution in [0.1, 0.15) is 105 Å². The van der Waals surface area contributed by atoms with Gasteiger partial charge in [0, 0.05) is 0 Å². The molecule has 0 aromatic rings. The number of hydrogen-bond acceptors (Lipinski definition) is 0. The molecule has 108 valence electrons. The molecule has 0 amide bonds. The Morgan fingerprint density at radius 3 is 1.33 bits per heavy atom. The lowest BCUT2D eigenvalue weighted by atomic mass is 10.0. The molecular weight excluding hydrogens is 216 g/mol. The molecule has 0 nitrogen and oxygen atoms in total. The van der Waals surface area contributed by atoms with Gasteiger partial charge in [0.05, 0.1) is 1.37 Å². The Morgan fingerprint density at radius 2 is 1.00 bits per heavy atom. The Labute approximate surface area is 118 Å². The summed E-state index contributed by atoms with van der Waals surface area (Å²) in [5.41, 5.74) is 0. The maximum Gasteiger partial charge on any atom is 0.0570 e. The third-order valence-corrected chi connectivity index (χ3v) is 3.71. The van der Waals surface area contributed by atoms with Crippen LogP contribution in [-0.4, -0.2) is 0 Å². The molecule has 0 fully saturated rings. The predicted octanol–water partition coefficient (Wildman–Crippen LogP) is 7.04. The lowest BCUT2D eigenvalue weighted by Gasteiger charge is -2.02. The Balaban J connectivity index is 2.93. The van der Waals surface area contributed by atoms with Gasteiger partial charge in [-0.2, -0.15) is 0 Å². The molecule has 0 rings (SSSR count). The van der Waals surface area contributed by atoms with Gasteiger partial charge in [0.2, 0.25) is 0 Å². The molecule has 0 bridgehead atoms. The maximum atomic E-state index is 7.25. The van der Waals surface area contributed by atoms with E-state index in [4.69, 9.17) is 1.37 Å². The quantitative estimate of drug-likeness (QED) is 0.217. The largest absolute Gasteiger partial charge is 0.103 e. The molecule has 0 spiro atoms. The molecule has 0 saturated carbocycles. The van der Waals surface area contributed by atoms with Crippen molar-refractivity contribution >= 4 is 0 Å². The average Bonchev–Trinajstić information content (AvgIpc) is 2.39. The first kappa shape index (κ1) is 15.8. The molecule has 0 N–H and O–H groups in total. The third kappa shape index (κ3) is 15.7. The predicted molar refractivity (Wildman–Crippen MR) is 85.1 cm³/mol. The van der Waals surface area contributed by atoms with Crippen LogP contribution in [0.2, 0.25) is 0 Å². The van der Waals surface area contributed by atoms with Crippen LogP contribution in [0.3, 0.4) is 0 Å². The number of allylic oxidation sites excluding steroid dienone is 1. The highest BCUT2D eigenvalue weighted by atomic mass is 14.0. The van der Waals surface area contributed by atoms with Crippen LogP contribution in [0.15, 0.2) is 12.6 Å². The molecule has 0 aliphatic rings. The topological polar surface area (TPSA) is 0 Å². The van der Waals surface area contributed by atoms with Gasteiger partial charge in [0.1, 0.15) is 0 Å². The van der Waals surface area contributed by atoms with Crippen molar-refractivity contribution < 1.29 is 1.37 Å². The number of rotatable bonds is 15. The van der Waals surface area contributed by atoms with E-state index in [0.717, 1.165) is 6.42 Å². The van der Waals surface area contributed by atoms with Gasteiger partial charge in [-0.25, -0.2) is 0 Å². The van der Waals surface area contributed by atoms with E-state index in [1.54, 1.807) is 0 Å². The van der Waals surface area contributed by atoms with Crippen LogP contribution in [0.25, 0.3) is 0 Å². The molecule has 18 heavy (non-hydrogen) atoms. The fraction of sp³-hybridized carbons (Fsp3) is 0.889. The molecule has 0 aliphatic heterocycles. The number of hydrogen-bond donors (Lipinski definition) is 0. The summed E-state index contributed by atoms with van der Waals surface area (Å²) >= 11 is 0. The first-order chi connectivity index (χ1) is 9.27. The summed E-state index contributed by atoms with van der Waals surface area (Å²) in [6.07, 6.45) is 20.4. The summed E-state index contributed by atoms with van der Waals surface area (Å²) < 4.78 is 7.25. The monoisotopic (exact) mass is 253 g/mol. The molecule has 0 aliphatic carbocycles. The fourth-order valence-corrected chi connectivity index (χ4v) is 2.44. The van der Waals surface area contributed by atoms with E-state index in [1.807, 2.05) is 0 Å². The lowest BCUT2D eigenvalue weighted by Crippen LogP contribution is -1.83. The second-order valence-electron chi connectivity index (χ2n) is 5.60. The Morgan fingerprint density at radius 1 is 0.667 bits per heavy atom. The maximum absolute atomic E-state index is 7.25. The minimum atomic E-state index is 0.596. The van der Waals surface area contributed by atoms with Crippen molar-refractivity contribution in [1.82, 2.24) is 0 Å². The zero-order valence-electron chi connectivity index (χ0n) is 13.8. The Kier molecular flexibility index (Phi) is 14.7. The third-order valence-electron chi connectivity index (χ3n) is 3.71. The molecule has 0 aromatic carbocycles. The van der Waals surface area contributed by atoms with E-state index in [0.29, 0.717) is 6.05 Å². The first-order valence-electron chi connectivity index (χ1n) is 8.91. The average molecular weight is 253 g/mol. The summed E-state index contributed by atoms with van der Waals surface area (Å²) in [6.45, 7) is 5.90. The highest BCUT2D eigenvalue weighted by molar-refractivity contribution is 4.65. The van der Waals surface area contributed by atoms with Crippen molar-refractivity contribution in [3.8, 4) is 0 Å². The van der Waals surface area contributed by atoms with Gasteiger partial charge < -0.3 is 0 Å².